The van der Waals surface area contributed by atoms with Crippen molar-refractivity contribution in [2.75, 3.05) is 0 Å². The molecular formula is C13H9NO5. The first-order valence-electron chi connectivity index (χ1n) is 5.62. The highest BCUT2D eigenvalue weighted by Gasteiger charge is 2.53. The smallest absolute Gasteiger partial charge is 0.259 e. The monoisotopic (exact) mass is 259 g/mol. The molecule has 2 aliphatic rings. The lowest BCUT2D eigenvalue weighted by atomic mass is 10.0. The highest BCUT2D eigenvalue weighted by Crippen LogP contribution is 2.30. The van der Waals surface area contributed by atoms with Crippen LogP contribution in [0.5, 0.6) is 5.75 Å². The van der Waals surface area contributed by atoms with Crippen LogP contribution in [0.4, 0.5) is 0 Å². The van der Waals surface area contributed by atoms with E-state index in [-0.39, 0.29) is 22.8 Å². The van der Waals surface area contributed by atoms with E-state index >= 15 is 0 Å². The first-order chi connectivity index (χ1) is 9.08. The van der Waals surface area contributed by atoms with Crippen LogP contribution in [0.2, 0.25) is 0 Å². The summed E-state index contributed by atoms with van der Waals surface area (Å²) in [5.41, 5.74) is -0.0699. The fourth-order valence-electron chi connectivity index (χ4n) is 1.93. The third kappa shape index (κ3) is 1.92. The number of hydrogen-bond acceptors (Lipinski definition) is 5. The Balaban J connectivity index is 1.82. The summed E-state index contributed by atoms with van der Waals surface area (Å²) in [5, 5.41) is 11.9. The number of ether oxygens (including phenoxy) is 1. The van der Waals surface area contributed by atoms with E-state index in [0.717, 1.165) is 6.08 Å². The van der Waals surface area contributed by atoms with E-state index < -0.39 is 23.9 Å². The summed E-state index contributed by atoms with van der Waals surface area (Å²) in [7, 11) is 0. The second-order valence-corrected chi connectivity index (χ2v) is 4.27. The Bertz CT molecular complexity index is 634. The Morgan fingerprint density at radius 1 is 1.21 bits per heavy atom. The Morgan fingerprint density at radius 3 is 2.68 bits per heavy atom. The lowest BCUT2D eigenvalue weighted by Gasteiger charge is -2.10. The molecule has 0 aromatic heterocycles. The van der Waals surface area contributed by atoms with Crippen LogP contribution in [-0.2, 0) is 14.3 Å². The van der Waals surface area contributed by atoms with E-state index in [9.17, 15) is 19.5 Å². The number of ketones is 2. The van der Waals surface area contributed by atoms with Crippen molar-refractivity contribution in [2.24, 2.45) is 0 Å². The lowest BCUT2D eigenvalue weighted by molar-refractivity contribution is -0.119. The molecule has 1 aliphatic carbocycles. The Hall–Kier alpha value is -2.47. The van der Waals surface area contributed by atoms with Gasteiger partial charge in [0.1, 0.15) is 5.75 Å². The number of fused-ring (bicyclic) bond motifs is 1. The zero-order chi connectivity index (χ0) is 13.6. The van der Waals surface area contributed by atoms with E-state index in [1.165, 1.54) is 12.1 Å². The maximum atomic E-state index is 11.9. The number of phenolic OH excluding ortho intramolecular Hbond substituents is 1. The third-order valence-corrected chi connectivity index (χ3v) is 2.98. The molecular weight excluding hydrogens is 250 g/mol. The van der Waals surface area contributed by atoms with Crippen molar-refractivity contribution in [3.8, 4) is 5.75 Å². The molecule has 0 bridgehead atoms. The number of rotatable bonds is 2. The average molecular weight is 259 g/mol. The zero-order valence-electron chi connectivity index (χ0n) is 9.62. The molecule has 0 unspecified atom stereocenters. The number of nitrogens with one attached hydrogen (secondary N) is 1. The second-order valence-electron chi connectivity index (χ2n) is 4.27. The molecule has 0 spiro atoms. The molecule has 1 saturated heterocycles. The predicted octanol–water partition coefficient (Wildman–Crippen LogP) is -0.0749. The van der Waals surface area contributed by atoms with Gasteiger partial charge in [-0.25, -0.2) is 0 Å². The van der Waals surface area contributed by atoms with Crippen LogP contribution in [0.1, 0.15) is 10.4 Å². The molecule has 1 fully saturated rings. The van der Waals surface area contributed by atoms with Gasteiger partial charge in [0.25, 0.3) is 5.91 Å². The summed E-state index contributed by atoms with van der Waals surface area (Å²) in [5.74, 6) is -1.61. The summed E-state index contributed by atoms with van der Waals surface area (Å²) in [6.45, 7) is 0. The van der Waals surface area contributed by atoms with Crippen LogP contribution in [0.15, 0.2) is 36.0 Å². The van der Waals surface area contributed by atoms with Crippen LogP contribution in [0.25, 0.3) is 0 Å². The molecule has 1 aliphatic heterocycles. The van der Waals surface area contributed by atoms with Crippen molar-refractivity contribution in [3.63, 3.8) is 0 Å². The molecule has 0 saturated carbocycles. The van der Waals surface area contributed by atoms with Crippen LogP contribution in [0.3, 0.4) is 0 Å². The quantitative estimate of drug-likeness (QED) is 0.724. The Kier molecular flexibility index (Phi) is 2.46. The van der Waals surface area contributed by atoms with Gasteiger partial charge >= 0.3 is 0 Å². The minimum Gasteiger partial charge on any atom is -0.507 e. The topological polar surface area (TPSA) is 96.0 Å². The number of amides is 1. The van der Waals surface area contributed by atoms with E-state index in [1.54, 1.807) is 12.1 Å². The molecule has 1 aromatic carbocycles. The zero-order valence-corrected chi connectivity index (χ0v) is 9.62. The van der Waals surface area contributed by atoms with Crippen molar-refractivity contribution >= 4 is 17.5 Å². The van der Waals surface area contributed by atoms with E-state index in [1.807, 2.05) is 0 Å². The summed E-state index contributed by atoms with van der Waals surface area (Å²) in [4.78, 5) is 35.1. The molecule has 96 valence electrons. The molecule has 6 nitrogen and oxygen atoms in total. The average Bonchev–Trinajstić information content (AvgIpc) is 3.17. The van der Waals surface area contributed by atoms with E-state index in [2.05, 4.69) is 5.32 Å². The molecule has 3 rings (SSSR count). The predicted molar refractivity (Wildman–Crippen MR) is 62.3 cm³/mol. The number of benzene rings is 1. The first-order valence-corrected chi connectivity index (χ1v) is 5.62. The van der Waals surface area contributed by atoms with E-state index in [4.69, 9.17) is 4.74 Å². The summed E-state index contributed by atoms with van der Waals surface area (Å²) in [6.07, 6.45) is -0.385. The van der Waals surface area contributed by atoms with Gasteiger partial charge in [-0.2, -0.15) is 0 Å². The summed E-state index contributed by atoms with van der Waals surface area (Å²) in [6, 6.07) is 5.92. The summed E-state index contributed by atoms with van der Waals surface area (Å²) >= 11 is 0. The maximum absolute atomic E-state index is 11.9. The molecule has 1 aromatic rings. The van der Waals surface area contributed by atoms with Gasteiger partial charge < -0.3 is 15.2 Å². The SMILES string of the molecule is O=C(NC1=CC(=O)[C@@H]2O[C@H]2C1=O)c1ccccc1O. The van der Waals surface area contributed by atoms with Crippen LogP contribution in [-0.4, -0.2) is 34.8 Å². The van der Waals surface area contributed by atoms with Gasteiger partial charge in [-0.05, 0) is 12.1 Å². The number of para-hydroxylation sites is 1. The normalized spacial score (nSPS) is 24.5. The van der Waals surface area contributed by atoms with Crippen molar-refractivity contribution in [1.82, 2.24) is 5.32 Å². The minimum absolute atomic E-state index is 0.0301. The first kappa shape index (κ1) is 11.6. The number of aromatic hydroxyl groups is 1. The lowest BCUT2D eigenvalue weighted by Crippen LogP contribution is -2.34. The number of phenols is 1. The standard InChI is InChI=1S/C13H9NO5/c15-8-4-2-1-3-6(8)13(18)14-7-5-9(16)11-12(19-11)10(7)17/h1-5,11-12,15H,(H,14,18)/t11-,12-/m0/s1. The highest BCUT2D eigenvalue weighted by molar-refractivity contribution is 6.17. The highest BCUT2D eigenvalue weighted by atomic mass is 16.6. The van der Waals surface area contributed by atoms with Crippen molar-refractivity contribution in [1.29, 1.82) is 0 Å². The van der Waals surface area contributed by atoms with Crippen LogP contribution in [0, 0.1) is 0 Å². The van der Waals surface area contributed by atoms with Gasteiger partial charge in [-0.3, -0.25) is 14.4 Å². The second kappa shape index (κ2) is 4.03. The van der Waals surface area contributed by atoms with Gasteiger partial charge in [0.05, 0.1) is 11.3 Å². The Morgan fingerprint density at radius 2 is 1.95 bits per heavy atom. The van der Waals surface area contributed by atoms with Gasteiger partial charge in [0.15, 0.2) is 18.0 Å². The van der Waals surface area contributed by atoms with Crippen molar-refractivity contribution < 1.29 is 24.2 Å². The molecule has 2 N–H and O–H groups in total. The van der Waals surface area contributed by atoms with Crippen molar-refractivity contribution in [2.45, 2.75) is 12.2 Å². The van der Waals surface area contributed by atoms with Crippen molar-refractivity contribution in [3.05, 3.63) is 41.6 Å². The molecule has 19 heavy (non-hydrogen) atoms. The molecule has 2 atom stereocenters. The largest absolute Gasteiger partial charge is 0.507 e. The number of hydrogen-bond donors (Lipinski definition) is 2. The van der Waals surface area contributed by atoms with Gasteiger partial charge in [-0.1, -0.05) is 12.1 Å². The summed E-state index contributed by atoms with van der Waals surface area (Å²) < 4.78 is 4.89. The molecule has 6 heteroatoms. The van der Waals surface area contributed by atoms with Crippen LogP contribution >= 0.6 is 0 Å². The number of Topliss-reactive ketones (excluding diaryl/α,β-unsaturated/α-hetero) is 1. The number of carbonyl (C=O) groups is 3. The van der Waals surface area contributed by atoms with E-state index in [0.29, 0.717) is 0 Å². The fraction of sp³-hybridized carbons (Fsp3) is 0.154. The fourth-order valence-corrected chi connectivity index (χ4v) is 1.93. The number of epoxide rings is 1. The van der Waals surface area contributed by atoms with Crippen LogP contribution < -0.4 is 5.32 Å². The Labute approximate surface area is 107 Å². The van der Waals surface area contributed by atoms with Gasteiger partial charge in [0, 0.05) is 6.08 Å². The third-order valence-electron chi connectivity index (χ3n) is 2.98. The number of carbonyl (C=O) groups excluding carboxylic acids is 3. The minimum atomic E-state index is -0.767. The molecule has 1 amide bonds. The maximum Gasteiger partial charge on any atom is 0.259 e. The van der Waals surface area contributed by atoms with Gasteiger partial charge in [0.2, 0.25) is 5.78 Å². The molecule has 0 radical (unpaired) electrons. The van der Waals surface area contributed by atoms with Gasteiger partial charge in [-0.15, -0.1) is 0 Å². The molecule has 1 heterocycles.